The SMILES string of the molecule is Cc1cccc(CCC(=O)N2CCC(n3cc(C(=O)O)cn3)CC2)c1. The van der Waals surface area contributed by atoms with E-state index in [1.807, 2.05) is 11.0 Å². The van der Waals surface area contributed by atoms with Crippen molar-refractivity contribution in [2.45, 2.75) is 38.6 Å². The molecule has 1 aromatic carbocycles. The van der Waals surface area contributed by atoms with Crippen LogP contribution in [0.15, 0.2) is 36.7 Å². The lowest BCUT2D eigenvalue weighted by Crippen LogP contribution is -2.39. The second kappa shape index (κ2) is 7.51. The van der Waals surface area contributed by atoms with Crippen LogP contribution in [0.25, 0.3) is 0 Å². The predicted molar refractivity (Wildman–Crippen MR) is 93.5 cm³/mol. The number of carboxylic acids is 1. The number of aryl methyl sites for hydroxylation is 2. The number of hydrogen-bond donors (Lipinski definition) is 1. The van der Waals surface area contributed by atoms with E-state index in [2.05, 4.69) is 30.2 Å². The van der Waals surface area contributed by atoms with Gasteiger partial charge in [0, 0.05) is 25.7 Å². The summed E-state index contributed by atoms with van der Waals surface area (Å²) in [6.07, 6.45) is 5.85. The van der Waals surface area contributed by atoms with Crippen LogP contribution in [-0.4, -0.2) is 44.8 Å². The molecular formula is C19H23N3O3. The van der Waals surface area contributed by atoms with Crippen LogP contribution in [0.1, 0.15) is 46.8 Å². The van der Waals surface area contributed by atoms with Crippen molar-refractivity contribution in [3.63, 3.8) is 0 Å². The van der Waals surface area contributed by atoms with Gasteiger partial charge >= 0.3 is 5.97 Å². The number of piperidine rings is 1. The van der Waals surface area contributed by atoms with Gasteiger partial charge in [-0.1, -0.05) is 29.8 Å². The smallest absolute Gasteiger partial charge is 0.338 e. The monoisotopic (exact) mass is 341 g/mol. The molecule has 3 rings (SSSR count). The fourth-order valence-corrected chi connectivity index (χ4v) is 3.31. The molecule has 2 heterocycles. The van der Waals surface area contributed by atoms with Crippen molar-refractivity contribution in [1.29, 1.82) is 0 Å². The summed E-state index contributed by atoms with van der Waals surface area (Å²) in [6, 6.07) is 8.42. The zero-order valence-corrected chi connectivity index (χ0v) is 14.4. The molecule has 6 nitrogen and oxygen atoms in total. The van der Waals surface area contributed by atoms with Crippen LogP contribution < -0.4 is 0 Å². The number of aromatic carboxylic acids is 1. The van der Waals surface area contributed by atoms with E-state index in [4.69, 9.17) is 5.11 Å². The largest absolute Gasteiger partial charge is 0.478 e. The number of benzene rings is 1. The first-order chi connectivity index (χ1) is 12.0. The summed E-state index contributed by atoms with van der Waals surface area (Å²) in [7, 11) is 0. The number of carbonyl (C=O) groups is 2. The highest BCUT2D eigenvalue weighted by Gasteiger charge is 2.24. The second-order valence-corrected chi connectivity index (χ2v) is 6.62. The van der Waals surface area contributed by atoms with Crippen molar-refractivity contribution in [3.05, 3.63) is 53.3 Å². The van der Waals surface area contributed by atoms with Gasteiger partial charge in [0.2, 0.25) is 5.91 Å². The molecule has 0 bridgehead atoms. The maximum Gasteiger partial charge on any atom is 0.338 e. The average molecular weight is 341 g/mol. The number of nitrogens with zero attached hydrogens (tertiary/aromatic N) is 3. The molecule has 25 heavy (non-hydrogen) atoms. The minimum atomic E-state index is -0.963. The molecule has 0 radical (unpaired) electrons. The lowest BCUT2D eigenvalue weighted by Gasteiger charge is -2.32. The van der Waals surface area contributed by atoms with Crippen LogP contribution in [0.5, 0.6) is 0 Å². The Morgan fingerprint density at radius 3 is 2.68 bits per heavy atom. The summed E-state index contributed by atoms with van der Waals surface area (Å²) in [4.78, 5) is 25.3. The minimum absolute atomic E-state index is 0.161. The molecule has 1 N–H and O–H groups in total. The fourth-order valence-electron chi connectivity index (χ4n) is 3.31. The number of hydrogen-bond acceptors (Lipinski definition) is 3. The molecule has 1 amide bonds. The number of carboxylic acid groups (broad SMARTS) is 1. The number of rotatable bonds is 5. The Morgan fingerprint density at radius 2 is 2.04 bits per heavy atom. The predicted octanol–water partition coefficient (Wildman–Crippen LogP) is 2.69. The fraction of sp³-hybridized carbons (Fsp3) is 0.421. The first kappa shape index (κ1) is 17.2. The molecule has 0 unspecified atom stereocenters. The van der Waals surface area contributed by atoms with Crippen LogP contribution in [0, 0.1) is 6.92 Å². The van der Waals surface area contributed by atoms with Gasteiger partial charge in [0.15, 0.2) is 0 Å². The Labute approximate surface area is 147 Å². The van der Waals surface area contributed by atoms with Gasteiger partial charge < -0.3 is 10.0 Å². The summed E-state index contributed by atoms with van der Waals surface area (Å²) in [5, 5.41) is 13.1. The molecule has 6 heteroatoms. The molecule has 0 atom stereocenters. The summed E-state index contributed by atoms with van der Waals surface area (Å²) >= 11 is 0. The Bertz CT molecular complexity index is 761. The van der Waals surface area contributed by atoms with Gasteiger partial charge in [-0.2, -0.15) is 5.10 Å². The van der Waals surface area contributed by atoms with E-state index in [0.717, 1.165) is 19.3 Å². The van der Waals surface area contributed by atoms with Crippen LogP contribution >= 0.6 is 0 Å². The summed E-state index contributed by atoms with van der Waals surface area (Å²) in [6.45, 7) is 3.44. The standard InChI is InChI=1S/C19H23N3O3/c1-14-3-2-4-15(11-14)5-6-18(23)21-9-7-17(8-10-21)22-13-16(12-20-22)19(24)25/h2-4,11-13,17H,5-10H2,1H3,(H,24,25). The van der Waals surface area contributed by atoms with Gasteiger partial charge in [0.25, 0.3) is 0 Å². The minimum Gasteiger partial charge on any atom is -0.478 e. The van der Waals surface area contributed by atoms with Gasteiger partial charge in [0.05, 0.1) is 17.8 Å². The number of likely N-dealkylation sites (tertiary alicyclic amines) is 1. The Morgan fingerprint density at radius 1 is 1.28 bits per heavy atom. The van der Waals surface area contributed by atoms with Crippen LogP contribution in [-0.2, 0) is 11.2 Å². The molecule has 2 aromatic rings. The zero-order chi connectivity index (χ0) is 17.8. The van der Waals surface area contributed by atoms with E-state index in [0.29, 0.717) is 19.5 Å². The van der Waals surface area contributed by atoms with Crippen molar-refractivity contribution >= 4 is 11.9 Å². The maximum absolute atomic E-state index is 12.4. The molecule has 0 aliphatic carbocycles. The first-order valence-electron chi connectivity index (χ1n) is 8.63. The van der Waals surface area contributed by atoms with Crippen molar-refractivity contribution in [2.24, 2.45) is 0 Å². The number of amides is 1. The molecule has 1 saturated heterocycles. The lowest BCUT2D eigenvalue weighted by molar-refractivity contribution is -0.132. The van der Waals surface area contributed by atoms with Gasteiger partial charge in [-0.05, 0) is 31.7 Å². The molecule has 1 aromatic heterocycles. The third-order valence-corrected chi connectivity index (χ3v) is 4.75. The third kappa shape index (κ3) is 4.26. The van der Waals surface area contributed by atoms with Crippen LogP contribution in [0.2, 0.25) is 0 Å². The Kier molecular flexibility index (Phi) is 5.16. The zero-order valence-electron chi connectivity index (χ0n) is 14.4. The number of carbonyl (C=O) groups excluding carboxylic acids is 1. The van der Waals surface area contributed by atoms with Gasteiger partial charge in [-0.3, -0.25) is 9.48 Å². The topological polar surface area (TPSA) is 75.4 Å². The Hall–Kier alpha value is -2.63. The summed E-state index contributed by atoms with van der Waals surface area (Å²) in [5.74, 6) is -0.776. The highest BCUT2D eigenvalue weighted by molar-refractivity contribution is 5.86. The van der Waals surface area contributed by atoms with E-state index in [1.54, 1.807) is 10.9 Å². The average Bonchev–Trinajstić information content (AvgIpc) is 3.10. The van der Waals surface area contributed by atoms with Crippen molar-refractivity contribution in [2.75, 3.05) is 13.1 Å². The molecule has 0 saturated carbocycles. The Balaban J connectivity index is 1.49. The quantitative estimate of drug-likeness (QED) is 0.907. The first-order valence-corrected chi connectivity index (χ1v) is 8.63. The highest BCUT2D eigenvalue weighted by atomic mass is 16.4. The highest BCUT2D eigenvalue weighted by Crippen LogP contribution is 2.23. The molecule has 1 fully saturated rings. The molecule has 1 aliphatic rings. The van der Waals surface area contributed by atoms with Gasteiger partial charge in [-0.15, -0.1) is 0 Å². The van der Waals surface area contributed by atoms with Crippen LogP contribution in [0.4, 0.5) is 0 Å². The second-order valence-electron chi connectivity index (χ2n) is 6.62. The van der Waals surface area contributed by atoms with Crippen LogP contribution in [0.3, 0.4) is 0 Å². The van der Waals surface area contributed by atoms with Gasteiger partial charge in [0.1, 0.15) is 0 Å². The van der Waals surface area contributed by atoms with Crippen molar-refractivity contribution < 1.29 is 14.7 Å². The van der Waals surface area contributed by atoms with E-state index in [1.165, 1.54) is 17.3 Å². The van der Waals surface area contributed by atoms with E-state index < -0.39 is 5.97 Å². The molecule has 132 valence electrons. The summed E-state index contributed by atoms with van der Waals surface area (Å²) in [5.41, 5.74) is 2.61. The summed E-state index contributed by atoms with van der Waals surface area (Å²) < 4.78 is 1.72. The normalized spacial score (nSPS) is 15.3. The number of aromatic nitrogens is 2. The van der Waals surface area contributed by atoms with E-state index in [-0.39, 0.29) is 17.5 Å². The molecule has 1 aliphatic heterocycles. The maximum atomic E-state index is 12.4. The van der Waals surface area contributed by atoms with E-state index in [9.17, 15) is 9.59 Å². The molecular weight excluding hydrogens is 318 g/mol. The molecule has 0 spiro atoms. The third-order valence-electron chi connectivity index (χ3n) is 4.75. The van der Waals surface area contributed by atoms with Crippen molar-refractivity contribution in [1.82, 2.24) is 14.7 Å². The van der Waals surface area contributed by atoms with Gasteiger partial charge in [-0.25, -0.2) is 4.79 Å². The van der Waals surface area contributed by atoms with Crippen molar-refractivity contribution in [3.8, 4) is 0 Å². The van der Waals surface area contributed by atoms with E-state index >= 15 is 0 Å². The lowest BCUT2D eigenvalue weighted by atomic mass is 10.0.